The maximum atomic E-state index is 9.59. The highest BCUT2D eigenvalue weighted by Crippen LogP contribution is 2.31. The Bertz CT molecular complexity index is 995. The second-order valence-corrected chi connectivity index (χ2v) is 5.45. The van der Waals surface area contributed by atoms with Crippen molar-refractivity contribution in [2.45, 2.75) is 0 Å². The summed E-state index contributed by atoms with van der Waals surface area (Å²) in [4.78, 5) is 8.07. The Labute approximate surface area is 157 Å². The van der Waals surface area contributed by atoms with Gasteiger partial charge in [-0.2, -0.15) is 5.26 Å². The highest BCUT2D eigenvalue weighted by atomic mass is 16.5. The normalized spacial score (nSPS) is 10.8. The molecule has 0 aliphatic heterocycles. The molecule has 2 aromatic carbocycles. The van der Waals surface area contributed by atoms with Crippen LogP contribution in [0.3, 0.4) is 0 Å². The number of ether oxygens (including phenoxy) is 3. The van der Waals surface area contributed by atoms with E-state index in [-0.39, 0.29) is 6.01 Å². The third-order valence-corrected chi connectivity index (χ3v) is 3.74. The van der Waals surface area contributed by atoms with E-state index in [2.05, 4.69) is 16.0 Å². The third kappa shape index (κ3) is 4.41. The van der Waals surface area contributed by atoms with Crippen LogP contribution in [0.15, 0.2) is 60.9 Å². The molecule has 0 radical (unpaired) electrons. The molecule has 1 aromatic heterocycles. The SMILES string of the molecule is COc1ccc(/C(C#N)=C\c2cccc(Oc3ncccn3)c2)cc1OC. The first-order valence-electron chi connectivity index (χ1n) is 8.12. The number of hydrogen-bond donors (Lipinski definition) is 0. The number of rotatable bonds is 6. The Morgan fingerprint density at radius 2 is 1.74 bits per heavy atom. The molecule has 134 valence electrons. The van der Waals surface area contributed by atoms with Gasteiger partial charge in [0.05, 0.1) is 25.9 Å². The van der Waals surface area contributed by atoms with E-state index >= 15 is 0 Å². The van der Waals surface area contributed by atoms with Crippen LogP contribution < -0.4 is 14.2 Å². The fourth-order valence-electron chi connectivity index (χ4n) is 2.46. The lowest BCUT2D eigenvalue weighted by molar-refractivity contribution is 0.355. The lowest BCUT2D eigenvalue weighted by atomic mass is 10.0. The van der Waals surface area contributed by atoms with E-state index in [0.717, 1.165) is 11.1 Å². The molecule has 0 aliphatic rings. The van der Waals surface area contributed by atoms with Crippen LogP contribution in [0.5, 0.6) is 23.3 Å². The molecule has 0 bridgehead atoms. The number of allylic oxidation sites excluding steroid dienone is 1. The van der Waals surface area contributed by atoms with Crippen LogP contribution in [-0.2, 0) is 0 Å². The Kier molecular flexibility index (Phi) is 5.65. The van der Waals surface area contributed by atoms with Crippen LogP contribution in [0, 0.1) is 11.3 Å². The Hall–Kier alpha value is -3.85. The summed E-state index contributed by atoms with van der Waals surface area (Å²) in [6, 6.07) is 16.9. The fourth-order valence-corrected chi connectivity index (χ4v) is 2.46. The van der Waals surface area contributed by atoms with Crippen LogP contribution in [0.4, 0.5) is 0 Å². The zero-order chi connectivity index (χ0) is 19.1. The highest BCUT2D eigenvalue weighted by Gasteiger charge is 2.08. The summed E-state index contributed by atoms with van der Waals surface area (Å²) in [6.07, 6.45) is 4.99. The topological polar surface area (TPSA) is 77.3 Å². The van der Waals surface area contributed by atoms with Gasteiger partial charge in [0, 0.05) is 12.4 Å². The van der Waals surface area contributed by atoms with Crippen molar-refractivity contribution in [1.82, 2.24) is 9.97 Å². The van der Waals surface area contributed by atoms with Gasteiger partial charge in [-0.05, 0) is 53.6 Å². The summed E-state index contributed by atoms with van der Waals surface area (Å²) >= 11 is 0. The molecule has 0 aliphatic carbocycles. The molecule has 1 heterocycles. The Morgan fingerprint density at radius 3 is 2.44 bits per heavy atom. The maximum Gasteiger partial charge on any atom is 0.321 e. The van der Waals surface area contributed by atoms with Gasteiger partial charge in [0.25, 0.3) is 0 Å². The van der Waals surface area contributed by atoms with Crippen molar-refractivity contribution < 1.29 is 14.2 Å². The summed E-state index contributed by atoms with van der Waals surface area (Å²) in [5, 5.41) is 9.59. The predicted molar refractivity (Wildman–Crippen MR) is 102 cm³/mol. The van der Waals surface area contributed by atoms with Gasteiger partial charge in [-0.25, -0.2) is 9.97 Å². The molecule has 0 amide bonds. The van der Waals surface area contributed by atoms with Gasteiger partial charge in [0.2, 0.25) is 0 Å². The van der Waals surface area contributed by atoms with E-state index in [1.165, 1.54) is 0 Å². The summed E-state index contributed by atoms with van der Waals surface area (Å²) in [5.74, 6) is 1.76. The second kappa shape index (κ2) is 8.50. The van der Waals surface area contributed by atoms with Gasteiger partial charge in [0.1, 0.15) is 5.75 Å². The van der Waals surface area contributed by atoms with E-state index in [4.69, 9.17) is 14.2 Å². The second-order valence-electron chi connectivity index (χ2n) is 5.45. The summed E-state index contributed by atoms with van der Waals surface area (Å²) in [7, 11) is 3.13. The number of methoxy groups -OCH3 is 2. The van der Waals surface area contributed by atoms with E-state index in [0.29, 0.717) is 22.8 Å². The molecule has 6 heteroatoms. The fraction of sp³-hybridized carbons (Fsp3) is 0.0952. The molecule has 27 heavy (non-hydrogen) atoms. The zero-order valence-electron chi connectivity index (χ0n) is 14.9. The van der Waals surface area contributed by atoms with E-state index in [1.807, 2.05) is 24.3 Å². The molecule has 0 saturated carbocycles. The first-order valence-corrected chi connectivity index (χ1v) is 8.12. The van der Waals surface area contributed by atoms with Crippen LogP contribution in [0.1, 0.15) is 11.1 Å². The summed E-state index contributed by atoms with van der Waals surface area (Å²) < 4.78 is 16.2. The van der Waals surface area contributed by atoms with E-state index < -0.39 is 0 Å². The number of aromatic nitrogens is 2. The smallest absolute Gasteiger partial charge is 0.321 e. The molecule has 0 saturated heterocycles. The van der Waals surface area contributed by atoms with Crippen molar-refractivity contribution in [3.05, 3.63) is 72.1 Å². The van der Waals surface area contributed by atoms with Crippen LogP contribution in [-0.4, -0.2) is 24.2 Å². The van der Waals surface area contributed by atoms with Gasteiger partial charge in [-0.15, -0.1) is 0 Å². The maximum absolute atomic E-state index is 9.59. The quantitative estimate of drug-likeness (QED) is 0.481. The van der Waals surface area contributed by atoms with Crippen LogP contribution in [0.2, 0.25) is 0 Å². The average molecular weight is 359 g/mol. The Morgan fingerprint density at radius 1 is 0.963 bits per heavy atom. The van der Waals surface area contributed by atoms with Crippen molar-refractivity contribution in [3.8, 4) is 29.3 Å². The lowest BCUT2D eigenvalue weighted by Gasteiger charge is -2.09. The molecule has 3 aromatic rings. The average Bonchev–Trinajstić information content (AvgIpc) is 2.72. The first kappa shape index (κ1) is 18.0. The van der Waals surface area contributed by atoms with Gasteiger partial charge in [-0.3, -0.25) is 0 Å². The number of nitriles is 1. The molecular formula is C21H17N3O3. The lowest BCUT2D eigenvalue weighted by Crippen LogP contribution is -1.92. The van der Waals surface area contributed by atoms with Crippen LogP contribution in [0.25, 0.3) is 11.6 Å². The monoisotopic (exact) mass is 359 g/mol. The number of hydrogen-bond acceptors (Lipinski definition) is 6. The van der Waals surface area contributed by atoms with Crippen LogP contribution >= 0.6 is 0 Å². The van der Waals surface area contributed by atoms with E-state index in [9.17, 15) is 5.26 Å². The molecule has 3 rings (SSSR count). The third-order valence-electron chi connectivity index (χ3n) is 3.74. The predicted octanol–water partition coefficient (Wildman–Crippen LogP) is 4.35. The standard InChI is InChI=1S/C21H17N3O3/c1-25-19-8-7-16(13-20(19)26-2)17(14-22)11-15-5-3-6-18(12-15)27-21-23-9-4-10-24-21/h3-13H,1-2H3/b17-11-. The molecule has 0 unspecified atom stereocenters. The van der Waals surface area contributed by atoms with Crippen molar-refractivity contribution in [1.29, 1.82) is 5.26 Å². The minimum absolute atomic E-state index is 0.263. The first-order chi connectivity index (χ1) is 13.2. The zero-order valence-corrected chi connectivity index (χ0v) is 14.9. The largest absolute Gasteiger partial charge is 0.493 e. The molecule has 0 fully saturated rings. The van der Waals surface area contributed by atoms with E-state index in [1.54, 1.807) is 57.0 Å². The number of benzene rings is 2. The van der Waals surface area contributed by atoms with Crippen molar-refractivity contribution in [3.63, 3.8) is 0 Å². The molecular weight excluding hydrogens is 342 g/mol. The molecule has 0 atom stereocenters. The molecule has 0 spiro atoms. The summed E-state index contributed by atoms with van der Waals surface area (Å²) in [6.45, 7) is 0. The van der Waals surface area contributed by atoms with Gasteiger partial charge >= 0.3 is 6.01 Å². The minimum atomic E-state index is 0.263. The molecule has 6 nitrogen and oxygen atoms in total. The van der Waals surface area contributed by atoms with Gasteiger partial charge in [0.15, 0.2) is 11.5 Å². The summed E-state index contributed by atoms with van der Waals surface area (Å²) in [5.41, 5.74) is 2.03. The van der Waals surface area contributed by atoms with Crippen molar-refractivity contribution in [2.24, 2.45) is 0 Å². The van der Waals surface area contributed by atoms with Crippen molar-refractivity contribution >= 4 is 11.6 Å². The van der Waals surface area contributed by atoms with Gasteiger partial charge < -0.3 is 14.2 Å². The minimum Gasteiger partial charge on any atom is -0.493 e. The highest BCUT2D eigenvalue weighted by molar-refractivity contribution is 5.90. The Balaban J connectivity index is 1.90. The van der Waals surface area contributed by atoms with Gasteiger partial charge in [-0.1, -0.05) is 12.1 Å². The number of nitrogens with zero attached hydrogens (tertiary/aromatic N) is 3. The molecule has 0 N–H and O–H groups in total. The van der Waals surface area contributed by atoms with Crippen molar-refractivity contribution in [2.75, 3.05) is 14.2 Å².